The summed E-state index contributed by atoms with van der Waals surface area (Å²) in [5, 5.41) is 53.0. The van der Waals surface area contributed by atoms with Crippen LogP contribution in [-0.2, 0) is 92.7 Å². The summed E-state index contributed by atoms with van der Waals surface area (Å²) in [4.78, 5) is 253. The smallest absolute Gasteiger partial charge is 0.305 e. The van der Waals surface area contributed by atoms with Crippen molar-refractivity contribution < 1.29 is 91.4 Å². The first-order chi connectivity index (χ1) is 59.1. The van der Waals surface area contributed by atoms with Crippen molar-refractivity contribution >= 4 is 118 Å². The molecule has 44 nitrogen and oxygen atoms in total. The highest BCUT2D eigenvalue weighted by Crippen LogP contribution is 2.30. The lowest BCUT2D eigenvalue weighted by Crippen LogP contribution is -2.59. The van der Waals surface area contributed by atoms with Gasteiger partial charge in [0, 0.05) is 57.1 Å². The third-order valence-corrected chi connectivity index (χ3v) is 22.1. The molecule has 18 atom stereocenters. The Kier molecular flexibility index (Phi) is 43.7. The first-order valence-corrected chi connectivity index (χ1v) is 43.0. The van der Waals surface area contributed by atoms with Gasteiger partial charge in [0.05, 0.1) is 43.1 Å². The summed E-state index contributed by atoms with van der Waals surface area (Å²) in [7, 11) is 0. The van der Waals surface area contributed by atoms with Gasteiger partial charge in [-0.25, -0.2) is 0 Å². The van der Waals surface area contributed by atoms with Gasteiger partial charge in [-0.15, -0.1) is 0 Å². The standard InChI is InChI=1S/C81H133N25O19/c1-41(2)34-58(73(119)92-40-64(109)96-62(38-65(110)111)76(122)94-44(6)68(114)103-60(36-46-18-9-8-10-19-46)78(124)106-61(37-63(83)108)79(125)100-55(66(84)112)27-16-31-90-80(85)86)105-75(121)56(23-11-12-30-82)101-70(116)48-21-14-26-53(48)99-77(123)59(35-42(3)4)104-71(117)49-22-15-25-52(49)98-74(120)57(28-17-32-91-81(87)88)102-69(115)47-20-13-24-51(47)97-67(113)43(5)93-72(118)50-39-89-33-29-54(50)95-45(7)107/h8-10,18-19,41-44,47-62,89H,11-17,20-40,82H2,1-7H3,(H2,83,108)(H2,84,112)(H,92,119)(H,93,118)(H,94,122)(H,95,107)(H,96,109)(H,97,113)(H,98,120)(H,99,123)(H,100,125)(H,101,116)(H,102,115)(H,103,114)(H,104,117)(H,105,121)(H,106,124)(H,110,111)(H4,85,86,90)(H4,87,88,91)/t43-,44-,47?,48?,49?,50?,51?,52?,53?,54?,55-,56-,57-,58-,59-,60-,61-,62-/m0/s1. The van der Waals surface area contributed by atoms with Crippen molar-refractivity contribution in [2.24, 2.45) is 85.6 Å². The quantitative estimate of drug-likeness (QED) is 0.0164. The number of carbonyl (C=O) groups is 18. The number of carbonyl (C=O) groups excluding carboxylic acids is 17. The molecule has 5 rings (SSSR count). The van der Waals surface area contributed by atoms with Crippen LogP contribution in [-0.4, -0.2) is 247 Å². The van der Waals surface area contributed by atoms with E-state index < -0.39 is 228 Å². The van der Waals surface area contributed by atoms with Gasteiger partial charge >= 0.3 is 5.97 Å². The number of hydrogen-bond donors (Lipinski definition) is 24. The molecular formula is C81H133N25O19. The number of nitrogens with zero attached hydrogens (tertiary/aromatic N) is 2. The molecule has 44 heteroatoms. The molecule has 4 fully saturated rings. The van der Waals surface area contributed by atoms with Crippen molar-refractivity contribution in [1.29, 1.82) is 0 Å². The van der Waals surface area contributed by atoms with Gasteiger partial charge in [0.25, 0.3) is 0 Å². The predicted molar refractivity (Wildman–Crippen MR) is 457 cm³/mol. The molecule has 1 aromatic rings. The van der Waals surface area contributed by atoms with Gasteiger partial charge < -0.3 is 130 Å². The van der Waals surface area contributed by atoms with Crippen LogP contribution in [0.5, 0.6) is 0 Å². The molecule has 3 saturated carbocycles. The maximum Gasteiger partial charge on any atom is 0.305 e. The highest BCUT2D eigenvalue weighted by molar-refractivity contribution is 6.00. The molecule has 3 aliphatic carbocycles. The lowest BCUT2D eigenvalue weighted by Gasteiger charge is -2.32. The number of rotatable bonds is 52. The van der Waals surface area contributed by atoms with E-state index in [4.69, 9.17) is 40.1 Å². The second-order valence-corrected chi connectivity index (χ2v) is 33.4. The Bertz CT molecular complexity index is 3960. The summed E-state index contributed by atoms with van der Waals surface area (Å²) in [6.07, 6.45) is 3.68. The van der Waals surface area contributed by atoms with E-state index in [0.29, 0.717) is 89.3 Å². The van der Waals surface area contributed by atoms with Gasteiger partial charge in [-0.2, -0.15) is 0 Å². The fraction of sp³-hybridized carbons (Fsp3) is 0.679. The van der Waals surface area contributed by atoms with Gasteiger partial charge in [-0.3, -0.25) is 96.3 Å². The Morgan fingerprint density at radius 2 is 0.848 bits per heavy atom. The van der Waals surface area contributed by atoms with Crippen molar-refractivity contribution in [2.75, 3.05) is 39.3 Å². The molecule has 1 heterocycles. The van der Waals surface area contributed by atoms with Crippen molar-refractivity contribution in [3.05, 3.63) is 35.9 Å². The van der Waals surface area contributed by atoms with Gasteiger partial charge in [0.15, 0.2) is 11.9 Å². The number of guanidine groups is 2. The average Bonchev–Trinajstić information content (AvgIpc) is 1.72. The van der Waals surface area contributed by atoms with Gasteiger partial charge in [-0.05, 0) is 147 Å². The van der Waals surface area contributed by atoms with E-state index in [-0.39, 0.29) is 107 Å². The number of carboxylic acid groups (broad SMARTS) is 1. The van der Waals surface area contributed by atoms with Crippen molar-refractivity contribution in [3.8, 4) is 0 Å². The molecule has 1 aromatic carbocycles. The predicted octanol–water partition coefficient (Wildman–Crippen LogP) is -6.63. The topological polar surface area (TPSA) is 727 Å². The molecule has 31 N–H and O–H groups in total. The number of aliphatic imine (C=N–C) groups is 2. The van der Waals surface area contributed by atoms with E-state index in [2.05, 4.69) is 95.1 Å². The van der Waals surface area contributed by atoms with Crippen LogP contribution in [0.4, 0.5) is 0 Å². The van der Waals surface area contributed by atoms with E-state index in [1.54, 1.807) is 44.2 Å². The first-order valence-electron chi connectivity index (χ1n) is 43.0. The number of carboxylic acids is 1. The lowest BCUT2D eigenvalue weighted by molar-refractivity contribution is -0.141. The number of hydrogen-bond acceptors (Lipinski definition) is 22. The van der Waals surface area contributed by atoms with Gasteiger partial charge in [0.2, 0.25) is 100 Å². The number of primary amides is 2. The molecular weight excluding hydrogens is 1630 g/mol. The Labute approximate surface area is 726 Å². The zero-order valence-electron chi connectivity index (χ0n) is 72.5. The maximum absolute atomic E-state index is 14.5. The number of unbranched alkanes of at least 4 members (excludes halogenated alkanes) is 1. The zero-order valence-corrected chi connectivity index (χ0v) is 72.5. The molecule has 4 aliphatic rings. The molecule has 696 valence electrons. The third kappa shape index (κ3) is 36.5. The van der Waals surface area contributed by atoms with Crippen molar-refractivity contribution in [2.45, 2.75) is 274 Å². The lowest BCUT2D eigenvalue weighted by atomic mass is 9.92. The number of amides is 17. The third-order valence-electron chi connectivity index (χ3n) is 22.1. The van der Waals surface area contributed by atoms with Gasteiger partial charge in [-0.1, -0.05) is 77.3 Å². The molecule has 125 heavy (non-hydrogen) atoms. The van der Waals surface area contributed by atoms with Crippen LogP contribution in [0.15, 0.2) is 40.3 Å². The normalized spacial score (nSPS) is 20.7. The van der Waals surface area contributed by atoms with Crippen LogP contribution in [0, 0.1) is 35.5 Å². The Morgan fingerprint density at radius 3 is 1.35 bits per heavy atom. The Hall–Kier alpha value is -11.9. The second kappa shape index (κ2) is 52.7. The number of aliphatic carboxylic acids is 1. The highest BCUT2D eigenvalue weighted by Gasteiger charge is 2.44. The Balaban J connectivity index is 1.20. The largest absolute Gasteiger partial charge is 0.481 e. The van der Waals surface area contributed by atoms with Crippen molar-refractivity contribution in [3.63, 3.8) is 0 Å². The number of nitrogens with one attached hydrogen (secondary N) is 16. The summed E-state index contributed by atoms with van der Waals surface area (Å²) in [5.41, 5.74) is 39.2. The zero-order chi connectivity index (χ0) is 92.7. The molecule has 0 bridgehead atoms. The van der Waals surface area contributed by atoms with Crippen LogP contribution in [0.2, 0.25) is 0 Å². The minimum absolute atomic E-state index is 0.00301. The molecule has 17 amide bonds. The molecule has 0 aromatic heterocycles. The molecule has 8 unspecified atom stereocenters. The maximum atomic E-state index is 14.5. The summed E-state index contributed by atoms with van der Waals surface area (Å²) < 4.78 is 0. The fourth-order valence-electron chi connectivity index (χ4n) is 15.6. The summed E-state index contributed by atoms with van der Waals surface area (Å²) in [5.74, 6) is -18.5. The number of piperidine rings is 1. The second-order valence-electron chi connectivity index (χ2n) is 33.4. The minimum Gasteiger partial charge on any atom is -0.481 e. The number of nitrogens with two attached hydrogens (primary N) is 7. The van der Waals surface area contributed by atoms with Crippen LogP contribution in [0.25, 0.3) is 0 Å². The summed E-state index contributed by atoms with van der Waals surface area (Å²) in [6.45, 7) is 11.7. The highest BCUT2D eigenvalue weighted by atomic mass is 16.4. The van der Waals surface area contributed by atoms with E-state index in [9.17, 15) is 91.4 Å². The van der Waals surface area contributed by atoms with Crippen LogP contribution in [0.3, 0.4) is 0 Å². The Morgan fingerprint density at radius 1 is 0.424 bits per heavy atom. The minimum atomic E-state index is -1.88. The van der Waals surface area contributed by atoms with E-state index in [0.717, 1.165) is 0 Å². The van der Waals surface area contributed by atoms with E-state index in [1.807, 2.05) is 13.8 Å². The van der Waals surface area contributed by atoms with E-state index >= 15 is 0 Å². The molecule has 1 aliphatic heterocycles. The molecule has 0 spiro atoms. The number of benzene rings is 1. The summed E-state index contributed by atoms with van der Waals surface area (Å²) in [6, 6.07) is -8.27. The van der Waals surface area contributed by atoms with E-state index in [1.165, 1.54) is 20.8 Å². The van der Waals surface area contributed by atoms with Gasteiger partial charge in [0.1, 0.15) is 60.4 Å². The van der Waals surface area contributed by atoms with Crippen molar-refractivity contribution in [1.82, 2.24) is 85.1 Å². The SMILES string of the molecule is CC(=O)NC1CCNCC1C(=O)N[C@@H](C)C(=O)NC1CCCC1C(=O)N[C@@H](CCCN=C(N)N)C(=O)NC1CCCC1C(=O)N[C@@H](CC(C)C)C(=O)NC1CCCC1C(=O)N[C@@H](CCCCN)C(=O)N[C@@H](CC(C)C)C(=O)NCC(=O)N[C@@H](CC(=O)O)C(=O)N[C@@H](C)C(=O)N[C@@H](Cc1ccccc1)C(=O)N[C@@H](CC(N)=O)C(=O)N[C@@H](CCCN=C(N)N)C(N)=O. The van der Waals surface area contributed by atoms with Crippen LogP contribution < -0.4 is 125 Å². The molecule has 1 saturated heterocycles. The first kappa shape index (κ1) is 104. The van der Waals surface area contributed by atoms with Crippen LogP contribution in [0.1, 0.15) is 189 Å². The van der Waals surface area contributed by atoms with Crippen LogP contribution >= 0.6 is 0 Å². The average molecular weight is 1760 g/mol. The molecule has 0 radical (unpaired) electrons. The summed E-state index contributed by atoms with van der Waals surface area (Å²) >= 11 is 0. The monoisotopic (exact) mass is 1760 g/mol. The fourth-order valence-corrected chi connectivity index (χ4v) is 15.6.